The Morgan fingerprint density at radius 2 is 1.92 bits per heavy atom. The maximum atomic E-state index is 13.6. The van der Waals surface area contributed by atoms with E-state index in [1.54, 1.807) is 0 Å². The number of halogens is 7. The van der Waals surface area contributed by atoms with Crippen molar-refractivity contribution in [1.29, 1.82) is 5.26 Å². The fraction of sp³-hybridized carbons (Fsp3) is 0.333. The van der Waals surface area contributed by atoms with Gasteiger partial charge >= 0.3 is 6.18 Å². The minimum absolute atomic E-state index is 0.0534. The molecular weight excluding hydrogens is 421 g/mol. The van der Waals surface area contributed by atoms with Crippen molar-refractivity contribution in [1.82, 2.24) is 10.2 Å². The van der Waals surface area contributed by atoms with Crippen molar-refractivity contribution < 1.29 is 13.2 Å². The molecule has 3 nitrogen and oxygen atoms in total. The predicted molar refractivity (Wildman–Crippen MR) is 90.2 cm³/mol. The molecular formula is C15H8Cl4F3N3. The lowest BCUT2D eigenvalue weighted by atomic mass is 9.89. The van der Waals surface area contributed by atoms with E-state index in [1.165, 1.54) is 13.1 Å². The minimum Gasteiger partial charge on any atom is -0.276 e. The molecule has 0 amide bonds. The van der Waals surface area contributed by atoms with Crippen LogP contribution in [0.25, 0.3) is 11.3 Å². The van der Waals surface area contributed by atoms with Crippen LogP contribution in [0, 0.1) is 11.3 Å². The minimum atomic E-state index is -4.71. The molecule has 1 saturated carbocycles. The van der Waals surface area contributed by atoms with Gasteiger partial charge in [-0.05, 0) is 18.1 Å². The lowest BCUT2D eigenvalue weighted by Gasteiger charge is -2.23. The largest absolute Gasteiger partial charge is 0.416 e. The maximum absolute atomic E-state index is 13.6. The molecule has 1 N–H and O–H groups in total. The number of nitrogens with one attached hydrogen (secondary N) is 1. The van der Waals surface area contributed by atoms with Crippen LogP contribution >= 0.6 is 46.4 Å². The summed E-state index contributed by atoms with van der Waals surface area (Å²) < 4.78 is 39.3. The molecule has 10 heteroatoms. The quantitative estimate of drug-likeness (QED) is 0.586. The fourth-order valence-corrected chi connectivity index (χ4v) is 4.42. The summed E-state index contributed by atoms with van der Waals surface area (Å²) in [4.78, 5) is 0. The number of H-pyrrole nitrogens is 1. The molecule has 0 spiro atoms. The number of hydrogen-bond acceptors (Lipinski definition) is 2. The molecule has 1 atom stereocenters. The molecule has 1 aromatic heterocycles. The first kappa shape index (κ1) is 18.7. The number of aromatic amines is 1. The number of nitriles is 1. The summed E-state index contributed by atoms with van der Waals surface area (Å²) in [6, 6.07) is 2.65. The molecule has 132 valence electrons. The number of alkyl halides is 5. The highest BCUT2D eigenvalue weighted by Gasteiger charge is 2.66. The van der Waals surface area contributed by atoms with E-state index >= 15 is 0 Å². The zero-order valence-corrected chi connectivity index (χ0v) is 15.4. The van der Waals surface area contributed by atoms with Gasteiger partial charge in [0, 0.05) is 11.0 Å². The van der Waals surface area contributed by atoms with Gasteiger partial charge in [-0.3, -0.25) is 5.10 Å². The third-order valence-electron chi connectivity index (χ3n) is 4.34. The highest BCUT2D eigenvalue weighted by atomic mass is 35.5. The summed E-state index contributed by atoms with van der Waals surface area (Å²) in [5.74, 6) is 0. The second kappa shape index (κ2) is 5.68. The summed E-state index contributed by atoms with van der Waals surface area (Å²) in [6.07, 6.45) is -3.38. The Bertz CT molecular complexity index is 914. The van der Waals surface area contributed by atoms with E-state index < -0.39 is 21.5 Å². The van der Waals surface area contributed by atoms with Crippen molar-refractivity contribution in [3.05, 3.63) is 39.0 Å². The van der Waals surface area contributed by atoms with Gasteiger partial charge in [0.15, 0.2) is 0 Å². The van der Waals surface area contributed by atoms with Crippen molar-refractivity contribution in [2.24, 2.45) is 0 Å². The normalized spacial score (nSPS) is 21.9. The third kappa shape index (κ3) is 2.78. The Morgan fingerprint density at radius 3 is 2.40 bits per heavy atom. The molecule has 0 aliphatic heterocycles. The second-order valence-corrected chi connectivity index (χ2v) is 8.22. The molecule has 1 aliphatic carbocycles. The number of aromatic nitrogens is 2. The molecule has 0 radical (unpaired) electrons. The zero-order valence-electron chi connectivity index (χ0n) is 12.4. The van der Waals surface area contributed by atoms with E-state index in [0.29, 0.717) is 0 Å². The number of rotatable bonds is 2. The Balaban J connectivity index is 2.37. The Kier molecular flexibility index (Phi) is 4.24. The molecule has 25 heavy (non-hydrogen) atoms. The van der Waals surface area contributed by atoms with Gasteiger partial charge in [-0.15, -0.1) is 23.2 Å². The first-order chi connectivity index (χ1) is 11.4. The van der Waals surface area contributed by atoms with Crippen LogP contribution in [-0.4, -0.2) is 14.5 Å². The van der Waals surface area contributed by atoms with Crippen LogP contribution in [0.3, 0.4) is 0 Å². The predicted octanol–water partition coefficient (Wildman–Crippen LogP) is 6.11. The van der Waals surface area contributed by atoms with E-state index in [9.17, 15) is 13.2 Å². The summed E-state index contributed by atoms with van der Waals surface area (Å²) in [5, 5.41) is 14.9. The van der Waals surface area contributed by atoms with Gasteiger partial charge in [-0.2, -0.15) is 23.5 Å². The van der Waals surface area contributed by atoms with Gasteiger partial charge < -0.3 is 0 Å². The molecule has 1 heterocycles. The van der Waals surface area contributed by atoms with Crippen LogP contribution < -0.4 is 0 Å². The van der Waals surface area contributed by atoms with E-state index in [1.807, 2.05) is 6.07 Å². The average Bonchev–Trinajstić information content (AvgIpc) is 2.84. The van der Waals surface area contributed by atoms with Crippen LogP contribution in [0.5, 0.6) is 0 Å². The van der Waals surface area contributed by atoms with Gasteiger partial charge in [0.25, 0.3) is 0 Å². The SMILES string of the molecule is CC1(c2c(C(F)(F)F)cc(Cl)c(-c3[nH]ncc3C#N)c2Cl)CC1(Cl)Cl. The van der Waals surface area contributed by atoms with Gasteiger partial charge in [-0.1, -0.05) is 30.1 Å². The zero-order chi connectivity index (χ0) is 18.8. The number of nitrogens with zero attached hydrogens (tertiary/aromatic N) is 2. The monoisotopic (exact) mass is 427 g/mol. The third-order valence-corrected chi connectivity index (χ3v) is 6.12. The van der Waals surface area contributed by atoms with Crippen LogP contribution in [-0.2, 0) is 11.6 Å². The summed E-state index contributed by atoms with van der Waals surface area (Å²) in [5.41, 5.74) is -2.17. The Morgan fingerprint density at radius 1 is 1.32 bits per heavy atom. The van der Waals surface area contributed by atoms with E-state index in [2.05, 4.69) is 10.2 Å². The second-order valence-electron chi connectivity index (χ2n) is 5.95. The topological polar surface area (TPSA) is 52.5 Å². The van der Waals surface area contributed by atoms with Crippen molar-refractivity contribution in [3.8, 4) is 17.3 Å². The molecule has 1 aliphatic rings. The lowest BCUT2D eigenvalue weighted by molar-refractivity contribution is -0.138. The Hall–Kier alpha value is -1.13. The van der Waals surface area contributed by atoms with Gasteiger partial charge in [-0.25, -0.2) is 0 Å². The molecule has 0 saturated heterocycles. The average molecular weight is 429 g/mol. The lowest BCUT2D eigenvalue weighted by Crippen LogP contribution is -2.19. The Labute approximate surface area is 160 Å². The molecule has 2 aromatic rings. The number of hydrogen-bond donors (Lipinski definition) is 1. The van der Waals surface area contributed by atoms with Crippen LogP contribution in [0.15, 0.2) is 12.3 Å². The van der Waals surface area contributed by atoms with Crippen molar-refractivity contribution in [2.75, 3.05) is 0 Å². The highest BCUT2D eigenvalue weighted by molar-refractivity contribution is 6.52. The first-order valence-electron chi connectivity index (χ1n) is 6.85. The van der Waals surface area contributed by atoms with Crippen LogP contribution in [0.4, 0.5) is 13.2 Å². The van der Waals surface area contributed by atoms with Crippen molar-refractivity contribution in [2.45, 2.75) is 29.3 Å². The summed E-state index contributed by atoms with van der Waals surface area (Å²) in [7, 11) is 0. The summed E-state index contributed by atoms with van der Waals surface area (Å²) in [6.45, 7) is 1.50. The molecule has 3 rings (SSSR count). The van der Waals surface area contributed by atoms with E-state index in [0.717, 1.165) is 6.07 Å². The first-order valence-corrected chi connectivity index (χ1v) is 8.36. The van der Waals surface area contributed by atoms with Gasteiger partial charge in [0.2, 0.25) is 0 Å². The van der Waals surface area contributed by atoms with E-state index in [4.69, 9.17) is 51.7 Å². The van der Waals surface area contributed by atoms with Gasteiger partial charge in [0.1, 0.15) is 10.4 Å². The number of benzene rings is 1. The highest BCUT2D eigenvalue weighted by Crippen LogP contribution is 2.67. The molecule has 1 unspecified atom stereocenters. The molecule has 1 fully saturated rings. The molecule has 0 bridgehead atoms. The van der Waals surface area contributed by atoms with Crippen molar-refractivity contribution in [3.63, 3.8) is 0 Å². The maximum Gasteiger partial charge on any atom is 0.416 e. The standard InChI is InChI=1S/C15H8Cl4F3N3/c1-13(5-14(13,18)19)10-7(15(20,21)22)2-8(16)9(11(10)17)12-6(3-23)4-24-25-12/h2,4H,5H2,1H3,(H,24,25). The van der Waals surface area contributed by atoms with Crippen LogP contribution in [0.2, 0.25) is 10.0 Å². The smallest absolute Gasteiger partial charge is 0.276 e. The van der Waals surface area contributed by atoms with Crippen molar-refractivity contribution >= 4 is 46.4 Å². The molecule has 1 aromatic carbocycles. The fourth-order valence-electron chi connectivity index (χ4n) is 2.84. The van der Waals surface area contributed by atoms with Gasteiger partial charge in [0.05, 0.1) is 33.1 Å². The van der Waals surface area contributed by atoms with E-state index in [-0.39, 0.29) is 38.9 Å². The summed E-state index contributed by atoms with van der Waals surface area (Å²) >= 11 is 24.6. The van der Waals surface area contributed by atoms with Crippen LogP contribution in [0.1, 0.15) is 30.0 Å².